The van der Waals surface area contributed by atoms with Gasteiger partial charge in [-0.3, -0.25) is 9.69 Å². The number of fused-ring (bicyclic) bond motifs is 2. The van der Waals surface area contributed by atoms with E-state index in [1.54, 1.807) is 18.2 Å². The van der Waals surface area contributed by atoms with Gasteiger partial charge in [-0.15, -0.1) is 0 Å². The maximum absolute atomic E-state index is 13.0. The maximum atomic E-state index is 13.0. The Hall–Kier alpha value is -3.05. The van der Waals surface area contributed by atoms with Gasteiger partial charge in [0.25, 0.3) is 0 Å². The average Bonchev–Trinajstić information content (AvgIpc) is 3.07. The van der Waals surface area contributed by atoms with Crippen molar-refractivity contribution in [3.63, 3.8) is 0 Å². The van der Waals surface area contributed by atoms with Crippen LogP contribution < -0.4 is 9.47 Å². The summed E-state index contributed by atoms with van der Waals surface area (Å²) >= 11 is 0. The Balaban J connectivity index is 1.46. The van der Waals surface area contributed by atoms with Crippen molar-refractivity contribution >= 4 is 11.9 Å². The Morgan fingerprint density at radius 3 is 2.77 bits per heavy atom. The minimum absolute atomic E-state index is 0.156. The fraction of sp³-hybridized carbons (Fsp3) is 0.320. The third-order valence-electron chi connectivity index (χ3n) is 6.06. The molecule has 0 amide bonds. The van der Waals surface area contributed by atoms with E-state index in [9.17, 15) is 9.90 Å². The summed E-state index contributed by atoms with van der Waals surface area (Å²) in [6.07, 6.45) is 7.18. The van der Waals surface area contributed by atoms with Crippen LogP contribution in [0.25, 0.3) is 6.08 Å². The molecule has 2 aromatic rings. The summed E-state index contributed by atoms with van der Waals surface area (Å²) in [6.45, 7) is 4.55. The monoisotopic (exact) mass is 403 g/mol. The quantitative estimate of drug-likeness (QED) is 0.753. The summed E-state index contributed by atoms with van der Waals surface area (Å²) in [5, 5.41) is 10.5. The van der Waals surface area contributed by atoms with E-state index in [1.807, 2.05) is 37.3 Å². The van der Waals surface area contributed by atoms with Gasteiger partial charge in [0.2, 0.25) is 5.78 Å². The van der Waals surface area contributed by atoms with Crippen LogP contribution in [-0.2, 0) is 6.54 Å². The number of phenolic OH excluding ortho intramolecular Hbond substituents is 1. The van der Waals surface area contributed by atoms with Crippen molar-refractivity contribution in [2.75, 3.05) is 13.1 Å². The number of ether oxygens (including phenoxy) is 2. The minimum Gasteiger partial charge on any atom is -0.507 e. The average molecular weight is 403 g/mol. The van der Waals surface area contributed by atoms with Crippen LogP contribution in [0.2, 0.25) is 0 Å². The molecule has 3 aliphatic rings. The van der Waals surface area contributed by atoms with E-state index in [4.69, 9.17) is 9.47 Å². The van der Waals surface area contributed by atoms with E-state index in [0.29, 0.717) is 23.4 Å². The fourth-order valence-electron chi connectivity index (χ4n) is 4.36. The molecule has 0 radical (unpaired) electrons. The molecule has 3 heterocycles. The van der Waals surface area contributed by atoms with Gasteiger partial charge in [-0.1, -0.05) is 24.6 Å². The number of hydrogen-bond acceptors (Lipinski definition) is 5. The fourth-order valence-corrected chi connectivity index (χ4v) is 4.36. The number of rotatable bonds is 3. The number of ketones is 1. The number of likely N-dealkylation sites (tertiary alicyclic amines) is 1. The van der Waals surface area contributed by atoms with Crippen LogP contribution in [0.3, 0.4) is 0 Å². The standard InChI is InChI=1S/C25H25NO4/c1-16-18(13-17-7-3-4-8-22(17)29-16)14-23-24(28)19-9-10-21(27)20(25(19)30-23)15-26-11-5-2-6-12-26/h3-4,7-10,13-14,16,27H,2,5-6,11-12,15H2,1H3/t16-/m0/s1. The highest BCUT2D eigenvalue weighted by molar-refractivity contribution is 6.13. The van der Waals surface area contributed by atoms with Crippen molar-refractivity contribution in [3.8, 4) is 17.2 Å². The number of para-hydroxylation sites is 1. The number of Topliss-reactive ketones (excluding diaryl/α,β-unsaturated/α-hetero) is 1. The molecule has 30 heavy (non-hydrogen) atoms. The molecule has 0 aromatic heterocycles. The SMILES string of the molecule is C[C@@H]1Oc2ccccc2C=C1C=C1Oc2c(ccc(O)c2CN2CCCCC2)C1=O. The number of phenols is 1. The van der Waals surface area contributed by atoms with Gasteiger partial charge in [0, 0.05) is 12.1 Å². The summed E-state index contributed by atoms with van der Waals surface area (Å²) in [4.78, 5) is 15.3. The molecule has 0 spiro atoms. The van der Waals surface area contributed by atoms with Crippen molar-refractivity contribution in [2.45, 2.75) is 38.8 Å². The molecule has 1 N–H and O–H groups in total. The van der Waals surface area contributed by atoms with Crippen LogP contribution in [0, 0.1) is 0 Å². The Morgan fingerprint density at radius 2 is 1.93 bits per heavy atom. The summed E-state index contributed by atoms with van der Waals surface area (Å²) in [5.41, 5.74) is 3.07. The molecule has 1 fully saturated rings. The third kappa shape index (κ3) is 3.39. The van der Waals surface area contributed by atoms with Gasteiger partial charge in [-0.25, -0.2) is 0 Å². The lowest BCUT2D eigenvalue weighted by molar-refractivity contribution is 0.101. The first kappa shape index (κ1) is 18.9. The number of allylic oxidation sites excluding steroid dienone is 1. The molecule has 154 valence electrons. The van der Waals surface area contributed by atoms with Gasteiger partial charge >= 0.3 is 0 Å². The first-order valence-electron chi connectivity index (χ1n) is 10.6. The lowest BCUT2D eigenvalue weighted by atomic mass is 10.00. The van der Waals surface area contributed by atoms with Gasteiger partial charge in [-0.05, 0) is 68.8 Å². The van der Waals surface area contributed by atoms with Gasteiger partial charge in [0.05, 0.1) is 11.1 Å². The van der Waals surface area contributed by atoms with Crippen molar-refractivity contribution in [3.05, 3.63) is 70.5 Å². The van der Waals surface area contributed by atoms with E-state index in [0.717, 1.165) is 42.8 Å². The summed E-state index contributed by atoms with van der Waals surface area (Å²) in [5.74, 6) is 1.62. The number of carbonyl (C=O) groups is 1. The Kier molecular flexibility index (Phi) is 4.83. The minimum atomic E-state index is -0.186. The van der Waals surface area contributed by atoms with E-state index in [1.165, 1.54) is 6.42 Å². The number of hydrogen-bond donors (Lipinski definition) is 1. The molecule has 0 saturated carbocycles. The van der Waals surface area contributed by atoms with Crippen molar-refractivity contribution < 1.29 is 19.4 Å². The van der Waals surface area contributed by atoms with Crippen molar-refractivity contribution in [2.24, 2.45) is 0 Å². The largest absolute Gasteiger partial charge is 0.507 e. The smallest absolute Gasteiger partial charge is 0.231 e. The van der Waals surface area contributed by atoms with Gasteiger partial charge < -0.3 is 14.6 Å². The topological polar surface area (TPSA) is 59.0 Å². The van der Waals surface area contributed by atoms with Gasteiger partial charge in [0.15, 0.2) is 5.76 Å². The molecule has 0 unspecified atom stereocenters. The molecular formula is C25H25NO4. The van der Waals surface area contributed by atoms with Crippen LogP contribution in [0.1, 0.15) is 47.7 Å². The number of aromatic hydroxyl groups is 1. The second-order valence-electron chi connectivity index (χ2n) is 8.16. The highest BCUT2D eigenvalue weighted by Crippen LogP contribution is 2.41. The molecular weight excluding hydrogens is 378 g/mol. The predicted molar refractivity (Wildman–Crippen MR) is 115 cm³/mol. The second kappa shape index (κ2) is 7.65. The highest BCUT2D eigenvalue weighted by Gasteiger charge is 2.32. The third-order valence-corrected chi connectivity index (χ3v) is 6.06. The lowest BCUT2D eigenvalue weighted by Crippen LogP contribution is -2.29. The molecule has 3 aliphatic heterocycles. The highest BCUT2D eigenvalue weighted by atomic mass is 16.5. The maximum Gasteiger partial charge on any atom is 0.231 e. The first-order chi connectivity index (χ1) is 14.6. The van der Waals surface area contributed by atoms with Crippen molar-refractivity contribution in [1.29, 1.82) is 0 Å². The lowest BCUT2D eigenvalue weighted by Gasteiger charge is -2.27. The van der Waals surface area contributed by atoms with Gasteiger partial charge in [-0.2, -0.15) is 0 Å². The Labute approximate surface area is 176 Å². The van der Waals surface area contributed by atoms with Gasteiger partial charge in [0.1, 0.15) is 23.4 Å². The van der Waals surface area contributed by atoms with Crippen LogP contribution in [-0.4, -0.2) is 35.0 Å². The zero-order chi connectivity index (χ0) is 20.7. The zero-order valence-electron chi connectivity index (χ0n) is 17.1. The normalized spacial score (nSPS) is 22.2. The van der Waals surface area contributed by atoms with E-state index < -0.39 is 0 Å². The molecule has 0 bridgehead atoms. The number of piperidine rings is 1. The van der Waals surface area contributed by atoms with Crippen molar-refractivity contribution in [1.82, 2.24) is 4.90 Å². The summed E-state index contributed by atoms with van der Waals surface area (Å²) in [7, 11) is 0. The second-order valence-corrected chi connectivity index (χ2v) is 8.16. The Morgan fingerprint density at radius 1 is 1.13 bits per heavy atom. The molecule has 0 aliphatic carbocycles. The van der Waals surface area contributed by atoms with E-state index >= 15 is 0 Å². The molecule has 1 atom stereocenters. The van der Waals surface area contributed by atoms with Crippen LogP contribution >= 0.6 is 0 Å². The molecule has 2 aromatic carbocycles. The number of carbonyl (C=O) groups excluding carboxylic acids is 1. The van der Waals surface area contributed by atoms with Crippen LogP contribution in [0.15, 0.2) is 53.8 Å². The van der Waals surface area contributed by atoms with Crippen LogP contribution in [0.5, 0.6) is 17.2 Å². The molecule has 5 heteroatoms. The van der Waals surface area contributed by atoms with E-state index in [-0.39, 0.29) is 23.4 Å². The predicted octanol–water partition coefficient (Wildman–Crippen LogP) is 4.70. The Bertz CT molecular complexity index is 1060. The molecule has 1 saturated heterocycles. The number of nitrogens with zero attached hydrogens (tertiary/aromatic N) is 1. The number of benzene rings is 2. The molecule has 5 rings (SSSR count). The van der Waals surface area contributed by atoms with E-state index in [2.05, 4.69) is 4.90 Å². The summed E-state index contributed by atoms with van der Waals surface area (Å²) in [6, 6.07) is 11.1. The molecule has 5 nitrogen and oxygen atoms in total. The first-order valence-corrected chi connectivity index (χ1v) is 10.6. The van der Waals surface area contributed by atoms with Crippen LogP contribution in [0.4, 0.5) is 0 Å². The zero-order valence-corrected chi connectivity index (χ0v) is 17.1. The summed E-state index contributed by atoms with van der Waals surface area (Å²) < 4.78 is 12.0.